The Balaban J connectivity index is 1.20. The normalized spacial score (nSPS) is 22.3. The van der Waals surface area contributed by atoms with Crippen LogP contribution in [0.25, 0.3) is 0 Å². The minimum Gasteiger partial charge on any atom is -0.494 e. The van der Waals surface area contributed by atoms with Crippen molar-refractivity contribution in [2.75, 3.05) is 33.3 Å². The average molecular weight is 608 g/mol. The van der Waals surface area contributed by atoms with Crippen LogP contribution in [0.5, 0.6) is 5.75 Å². The Morgan fingerprint density at radius 2 is 1.91 bits per heavy atom. The summed E-state index contributed by atoms with van der Waals surface area (Å²) < 4.78 is 19.8. The number of carboxylic acid groups (broad SMARTS) is 1. The number of ether oxygens (including phenoxy) is 1. The van der Waals surface area contributed by atoms with Crippen LogP contribution in [-0.4, -0.2) is 71.2 Å². The maximum absolute atomic E-state index is 14.3. The molecule has 2 aliphatic rings. The third-order valence-corrected chi connectivity index (χ3v) is 10.6. The molecule has 0 amide bonds. The minimum atomic E-state index is -0.768. The fourth-order valence-corrected chi connectivity index (χ4v) is 8.43. The molecule has 232 valence electrons. The first-order chi connectivity index (χ1) is 20.7. The molecular weight excluding hydrogens is 561 g/mol. The lowest BCUT2D eigenvalue weighted by Gasteiger charge is -2.35. The number of nitrogens with zero attached hydrogens (tertiary/aromatic N) is 3. The highest BCUT2D eigenvalue weighted by molar-refractivity contribution is 7.11. The molecule has 1 N–H and O–H groups in total. The minimum absolute atomic E-state index is 0.0152. The maximum atomic E-state index is 14.3. The fourth-order valence-electron chi connectivity index (χ4n) is 7.30. The van der Waals surface area contributed by atoms with Crippen molar-refractivity contribution < 1.29 is 19.0 Å². The number of aliphatic carboxylic acids is 1. The summed E-state index contributed by atoms with van der Waals surface area (Å²) in [6, 6.07) is 15.0. The summed E-state index contributed by atoms with van der Waals surface area (Å²) in [5.74, 6) is 1.06. The number of piperidine rings is 1. The number of hydrogen-bond acceptors (Lipinski definition) is 6. The Hall–Kier alpha value is -2.81. The van der Waals surface area contributed by atoms with Gasteiger partial charge in [-0.25, -0.2) is 9.37 Å². The lowest BCUT2D eigenvalue weighted by Crippen LogP contribution is -2.47. The van der Waals surface area contributed by atoms with Gasteiger partial charge in [-0.15, -0.1) is 11.3 Å². The van der Waals surface area contributed by atoms with E-state index < -0.39 is 12.0 Å². The molecule has 5 rings (SSSR count). The first-order valence-corrected chi connectivity index (χ1v) is 16.6. The topological polar surface area (TPSA) is 65.9 Å². The van der Waals surface area contributed by atoms with Gasteiger partial charge in [0, 0.05) is 30.1 Å². The molecule has 0 bridgehead atoms. The molecule has 3 unspecified atom stereocenters. The van der Waals surface area contributed by atoms with Crippen molar-refractivity contribution in [3.8, 4) is 5.75 Å². The van der Waals surface area contributed by atoms with Crippen LogP contribution in [0.1, 0.15) is 79.3 Å². The highest BCUT2D eigenvalue weighted by Crippen LogP contribution is 2.44. The van der Waals surface area contributed by atoms with Crippen molar-refractivity contribution in [1.29, 1.82) is 0 Å². The van der Waals surface area contributed by atoms with Gasteiger partial charge in [-0.2, -0.15) is 0 Å². The van der Waals surface area contributed by atoms with E-state index in [1.807, 2.05) is 57.4 Å². The van der Waals surface area contributed by atoms with Gasteiger partial charge in [0.15, 0.2) is 0 Å². The summed E-state index contributed by atoms with van der Waals surface area (Å²) in [6.45, 7) is 9.65. The Morgan fingerprint density at radius 1 is 1.16 bits per heavy atom. The molecule has 4 atom stereocenters. The van der Waals surface area contributed by atoms with E-state index in [2.05, 4.69) is 28.1 Å². The molecule has 1 saturated carbocycles. The Bertz CT molecular complexity index is 1340. The SMILES string of the molecule is CCOc1ccc(Cc2ncc(C3CCN(CC4CC(N(C)[C@@H](C(=O)O)C(C)C)CC4c4cccc(F)c4)CC3)s2)cc1. The molecule has 1 saturated heterocycles. The second kappa shape index (κ2) is 14.3. The molecule has 1 aliphatic heterocycles. The lowest BCUT2D eigenvalue weighted by atomic mass is 9.87. The number of thiazole rings is 1. The molecule has 43 heavy (non-hydrogen) atoms. The highest BCUT2D eigenvalue weighted by Gasteiger charge is 2.41. The predicted molar refractivity (Wildman–Crippen MR) is 171 cm³/mol. The maximum Gasteiger partial charge on any atom is 0.321 e. The van der Waals surface area contributed by atoms with Gasteiger partial charge >= 0.3 is 5.97 Å². The third kappa shape index (κ3) is 7.83. The molecule has 6 nitrogen and oxygen atoms in total. The molecule has 0 spiro atoms. The Morgan fingerprint density at radius 3 is 2.56 bits per heavy atom. The van der Waals surface area contributed by atoms with E-state index in [9.17, 15) is 14.3 Å². The molecule has 2 heterocycles. The lowest BCUT2D eigenvalue weighted by molar-refractivity contribution is -0.145. The van der Waals surface area contributed by atoms with Gasteiger partial charge in [0.25, 0.3) is 0 Å². The van der Waals surface area contributed by atoms with E-state index in [4.69, 9.17) is 9.72 Å². The number of carboxylic acids is 1. The highest BCUT2D eigenvalue weighted by atomic mass is 32.1. The Labute approximate surface area is 259 Å². The quantitative estimate of drug-likeness (QED) is 0.238. The monoisotopic (exact) mass is 607 g/mol. The van der Waals surface area contributed by atoms with E-state index in [-0.39, 0.29) is 23.7 Å². The smallest absolute Gasteiger partial charge is 0.321 e. The number of halogens is 1. The number of benzene rings is 2. The number of aromatic nitrogens is 1. The molecule has 1 aromatic heterocycles. The van der Waals surface area contributed by atoms with Gasteiger partial charge < -0.3 is 14.7 Å². The molecule has 1 aliphatic carbocycles. The number of likely N-dealkylation sites (tertiary alicyclic amines) is 1. The Kier molecular flexibility index (Phi) is 10.5. The molecular formula is C35H46FN3O3S. The van der Waals surface area contributed by atoms with Gasteiger partial charge in [-0.3, -0.25) is 9.69 Å². The standard InChI is InChI=1S/C35H46FN3O3S/c1-5-42-30-11-9-24(10-12-30)17-33-37-21-32(43-33)25-13-15-39(16-14-25)22-27-19-29(38(4)34(23(2)3)35(40)41)20-31(27)26-7-6-8-28(36)18-26/h6-12,18,21,23,25,27,29,31,34H,5,13-17,19-20,22H2,1-4H3,(H,40,41)/t27?,29?,31?,34-/m1/s1. The van der Waals surface area contributed by atoms with Crippen LogP contribution >= 0.6 is 11.3 Å². The first kappa shape index (κ1) is 31.6. The van der Waals surface area contributed by atoms with Crippen LogP contribution < -0.4 is 4.74 Å². The van der Waals surface area contributed by atoms with Crippen LogP contribution in [0, 0.1) is 17.7 Å². The van der Waals surface area contributed by atoms with Crippen molar-refractivity contribution in [3.63, 3.8) is 0 Å². The van der Waals surface area contributed by atoms with Crippen LogP contribution in [0.15, 0.2) is 54.7 Å². The second-order valence-corrected chi connectivity index (χ2v) is 13.9. The fraction of sp³-hybridized carbons (Fsp3) is 0.543. The second-order valence-electron chi connectivity index (χ2n) is 12.7. The number of carbonyl (C=O) groups is 1. The van der Waals surface area contributed by atoms with Gasteiger partial charge in [-0.05, 0) is 112 Å². The molecule has 8 heteroatoms. The zero-order valence-corrected chi connectivity index (χ0v) is 26.7. The van der Waals surface area contributed by atoms with Crippen molar-refractivity contribution >= 4 is 17.3 Å². The largest absolute Gasteiger partial charge is 0.494 e. The zero-order valence-electron chi connectivity index (χ0n) is 25.9. The van der Waals surface area contributed by atoms with Crippen molar-refractivity contribution in [2.24, 2.45) is 11.8 Å². The molecule has 2 fully saturated rings. The van der Waals surface area contributed by atoms with E-state index in [1.54, 1.807) is 12.1 Å². The van der Waals surface area contributed by atoms with Crippen LogP contribution in [0.2, 0.25) is 0 Å². The molecule has 2 aromatic carbocycles. The first-order valence-electron chi connectivity index (χ1n) is 15.8. The van der Waals surface area contributed by atoms with Crippen LogP contribution in [-0.2, 0) is 11.2 Å². The summed E-state index contributed by atoms with van der Waals surface area (Å²) >= 11 is 1.84. The summed E-state index contributed by atoms with van der Waals surface area (Å²) in [4.78, 5) is 22.9. The summed E-state index contributed by atoms with van der Waals surface area (Å²) in [5.41, 5.74) is 2.28. The van der Waals surface area contributed by atoms with Crippen LogP contribution in [0.4, 0.5) is 4.39 Å². The summed E-state index contributed by atoms with van der Waals surface area (Å²) in [5, 5.41) is 11.1. The number of rotatable bonds is 12. The molecule has 3 aromatic rings. The van der Waals surface area contributed by atoms with E-state index in [0.717, 1.165) is 68.1 Å². The summed E-state index contributed by atoms with van der Waals surface area (Å²) in [6.07, 6.45) is 6.93. The number of hydrogen-bond donors (Lipinski definition) is 1. The van der Waals surface area contributed by atoms with Crippen molar-refractivity contribution in [2.45, 2.75) is 76.8 Å². The zero-order chi connectivity index (χ0) is 30.5. The van der Waals surface area contributed by atoms with Crippen molar-refractivity contribution in [3.05, 3.63) is 81.6 Å². The molecule has 0 radical (unpaired) electrons. The average Bonchev–Trinajstić information content (AvgIpc) is 3.62. The van der Waals surface area contributed by atoms with E-state index in [1.165, 1.54) is 16.5 Å². The summed E-state index contributed by atoms with van der Waals surface area (Å²) in [7, 11) is 1.96. The van der Waals surface area contributed by atoms with Crippen LogP contribution in [0.3, 0.4) is 0 Å². The van der Waals surface area contributed by atoms with Gasteiger partial charge in [-0.1, -0.05) is 38.1 Å². The van der Waals surface area contributed by atoms with E-state index in [0.29, 0.717) is 18.4 Å². The number of likely N-dealkylation sites (N-methyl/N-ethyl adjacent to an activating group) is 1. The van der Waals surface area contributed by atoms with Gasteiger partial charge in [0.05, 0.1) is 11.6 Å². The van der Waals surface area contributed by atoms with Crippen molar-refractivity contribution in [1.82, 2.24) is 14.8 Å². The third-order valence-electron chi connectivity index (χ3n) is 9.49. The predicted octanol–water partition coefficient (Wildman–Crippen LogP) is 7.05. The van der Waals surface area contributed by atoms with Gasteiger partial charge in [0.1, 0.15) is 17.6 Å². The van der Waals surface area contributed by atoms with E-state index >= 15 is 0 Å². The van der Waals surface area contributed by atoms with Gasteiger partial charge in [0.2, 0.25) is 0 Å².